The summed E-state index contributed by atoms with van der Waals surface area (Å²) in [5.74, 6) is -0.530. The Hall–Kier alpha value is -2.31. The molecule has 0 aliphatic rings. The Kier molecular flexibility index (Phi) is 4.85. The van der Waals surface area contributed by atoms with E-state index in [1.165, 1.54) is 37.4 Å². The quantitative estimate of drug-likeness (QED) is 0.361. The molecule has 0 radical (unpaired) electrons. The van der Waals surface area contributed by atoms with Gasteiger partial charge in [0.2, 0.25) is 0 Å². The van der Waals surface area contributed by atoms with Crippen LogP contribution in [0.1, 0.15) is 10.4 Å². The summed E-state index contributed by atoms with van der Waals surface area (Å²) in [7, 11) is 1.30. The molecule has 0 aliphatic carbocycles. The molecule has 2 rings (SSSR count). The summed E-state index contributed by atoms with van der Waals surface area (Å²) in [6, 6.07) is 8.08. The van der Waals surface area contributed by atoms with E-state index in [4.69, 9.17) is 32.7 Å². The number of carbonyl (C=O) groups is 1. The molecule has 6 nitrogen and oxygen atoms in total. The number of esters is 1. The fourth-order valence-electron chi connectivity index (χ4n) is 1.67. The van der Waals surface area contributed by atoms with Crippen molar-refractivity contribution in [2.24, 2.45) is 0 Å². The van der Waals surface area contributed by atoms with Crippen LogP contribution in [-0.2, 0) is 0 Å². The van der Waals surface area contributed by atoms with Crippen LogP contribution in [0.4, 0.5) is 5.69 Å². The number of carbonyl (C=O) groups excluding carboxylic acids is 1. The maximum Gasteiger partial charge on any atom is 0.343 e. The maximum atomic E-state index is 12.0. The van der Waals surface area contributed by atoms with Crippen molar-refractivity contribution in [3.05, 3.63) is 62.1 Å². The van der Waals surface area contributed by atoms with Crippen LogP contribution in [0.3, 0.4) is 0 Å². The van der Waals surface area contributed by atoms with E-state index in [-0.39, 0.29) is 27.8 Å². The smallest absolute Gasteiger partial charge is 0.343 e. The van der Waals surface area contributed by atoms with Crippen LogP contribution in [0.15, 0.2) is 36.4 Å². The van der Waals surface area contributed by atoms with Crippen LogP contribution in [-0.4, -0.2) is 18.0 Å². The Balaban J connectivity index is 2.27. The average Bonchev–Trinajstić information content (AvgIpc) is 2.50. The summed E-state index contributed by atoms with van der Waals surface area (Å²) in [5, 5.41) is 11.5. The van der Waals surface area contributed by atoms with Crippen molar-refractivity contribution in [3.8, 4) is 11.5 Å². The van der Waals surface area contributed by atoms with E-state index >= 15 is 0 Å². The molecule has 0 spiro atoms. The highest BCUT2D eigenvalue weighted by atomic mass is 35.5. The summed E-state index contributed by atoms with van der Waals surface area (Å²) in [5.41, 5.74) is -0.315. The highest BCUT2D eigenvalue weighted by Gasteiger charge is 2.19. The van der Waals surface area contributed by atoms with Crippen molar-refractivity contribution in [3.63, 3.8) is 0 Å². The summed E-state index contributed by atoms with van der Waals surface area (Å²) in [4.78, 5) is 22.3. The monoisotopic (exact) mass is 341 g/mol. The summed E-state index contributed by atoms with van der Waals surface area (Å²) < 4.78 is 9.96. The first-order valence-corrected chi connectivity index (χ1v) is 6.67. The minimum absolute atomic E-state index is 0.0126. The predicted molar refractivity (Wildman–Crippen MR) is 81.1 cm³/mol. The molecule has 0 bridgehead atoms. The largest absolute Gasteiger partial charge is 0.490 e. The van der Waals surface area contributed by atoms with Crippen LogP contribution < -0.4 is 9.47 Å². The molecule has 2 aromatic carbocycles. The van der Waals surface area contributed by atoms with Gasteiger partial charge in [0.15, 0.2) is 5.75 Å². The molecule has 2 aromatic rings. The maximum absolute atomic E-state index is 12.0. The van der Waals surface area contributed by atoms with Gasteiger partial charge in [-0.2, -0.15) is 0 Å². The zero-order valence-electron chi connectivity index (χ0n) is 11.2. The fraction of sp³-hybridized carbons (Fsp3) is 0.0714. The first-order chi connectivity index (χ1) is 10.4. The molecular weight excluding hydrogens is 333 g/mol. The average molecular weight is 342 g/mol. The molecule has 0 atom stereocenters. The van der Waals surface area contributed by atoms with Crippen LogP contribution in [0.2, 0.25) is 10.0 Å². The zero-order chi connectivity index (χ0) is 16.3. The molecule has 0 saturated heterocycles. The van der Waals surface area contributed by atoms with Gasteiger partial charge in [0.25, 0.3) is 0 Å². The van der Waals surface area contributed by atoms with Gasteiger partial charge >= 0.3 is 11.7 Å². The van der Waals surface area contributed by atoms with Gasteiger partial charge in [-0.3, -0.25) is 10.1 Å². The van der Waals surface area contributed by atoms with Crippen molar-refractivity contribution in [1.29, 1.82) is 0 Å². The first kappa shape index (κ1) is 16.1. The highest BCUT2D eigenvalue weighted by Crippen LogP contribution is 2.29. The normalized spacial score (nSPS) is 10.1. The van der Waals surface area contributed by atoms with Crippen molar-refractivity contribution in [2.75, 3.05) is 7.11 Å². The van der Waals surface area contributed by atoms with Gasteiger partial charge in [-0.25, -0.2) is 4.79 Å². The van der Waals surface area contributed by atoms with Crippen LogP contribution in [0.25, 0.3) is 0 Å². The number of nitro benzene ring substituents is 1. The minimum atomic E-state index is -0.760. The molecule has 114 valence electrons. The number of ether oxygens (including phenoxy) is 2. The lowest BCUT2D eigenvalue weighted by Crippen LogP contribution is -2.09. The Bertz CT molecular complexity index is 748. The van der Waals surface area contributed by atoms with E-state index in [2.05, 4.69) is 0 Å². The number of methoxy groups -OCH3 is 1. The Morgan fingerprint density at radius 2 is 1.86 bits per heavy atom. The zero-order valence-corrected chi connectivity index (χ0v) is 12.7. The van der Waals surface area contributed by atoms with Crippen molar-refractivity contribution >= 4 is 34.9 Å². The Morgan fingerprint density at radius 3 is 2.45 bits per heavy atom. The highest BCUT2D eigenvalue weighted by molar-refractivity contribution is 6.42. The van der Waals surface area contributed by atoms with Gasteiger partial charge < -0.3 is 9.47 Å². The molecule has 0 heterocycles. The number of hydrogen-bond donors (Lipinski definition) is 0. The van der Waals surface area contributed by atoms with Gasteiger partial charge in [0, 0.05) is 12.1 Å². The Labute approximate surface area is 135 Å². The van der Waals surface area contributed by atoms with Gasteiger partial charge in [0.05, 0.1) is 27.6 Å². The second kappa shape index (κ2) is 6.64. The third kappa shape index (κ3) is 3.47. The second-order valence-electron chi connectivity index (χ2n) is 4.11. The lowest BCUT2D eigenvalue weighted by Gasteiger charge is -2.07. The number of halogens is 2. The van der Waals surface area contributed by atoms with Crippen molar-refractivity contribution < 1.29 is 19.2 Å². The number of rotatable bonds is 4. The molecule has 0 N–H and O–H groups in total. The molecule has 0 amide bonds. The molecule has 8 heteroatoms. The van der Waals surface area contributed by atoms with E-state index in [9.17, 15) is 14.9 Å². The lowest BCUT2D eigenvalue weighted by molar-refractivity contribution is -0.385. The van der Waals surface area contributed by atoms with E-state index in [0.29, 0.717) is 5.02 Å². The van der Waals surface area contributed by atoms with Gasteiger partial charge in [-0.05, 0) is 24.3 Å². The minimum Gasteiger partial charge on any atom is -0.490 e. The standard InChI is InChI=1S/C14H9Cl2NO5/c1-21-13-5-2-8(6-12(13)17(19)20)14(18)22-9-3-4-10(15)11(16)7-9/h2-7H,1H3. The molecule has 22 heavy (non-hydrogen) atoms. The fourth-order valence-corrected chi connectivity index (χ4v) is 1.95. The topological polar surface area (TPSA) is 78.7 Å². The number of nitrogens with zero attached hydrogens (tertiary/aromatic N) is 1. The third-order valence-electron chi connectivity index (χ3n) is 2.71. The SMILES string of the molecule is COc1ccc(C(=O)Oc2ccc(Cl)c(Cl)c2)cc1[N+](=O)[O-]. The van der Waals surface area contributed by atoms with Crippen LogP contribution in [0, 0.1) is 10.1 Å². The van der Waals surface area contributed by atoms with E-state index in [1.807, 2.05) is 0 Å². The van der Waals surface area contributed by atoms with Crippen molar-refractivity contribution in [2.45, 2.75) is 0 Å². The van der Waals surface area contributed by atoms with Crippen LogP contribution >= 0.6 is 23.2 Å². The molecule has 0 fully saturated rings. The number of nitro groups is 1. The Morgan fingerprint density at radius 1 is 1.14 bits per heavy atom. The molecular formula is C14H9Cl2NO5. The van der Waals surface area contributed by atoms with Gasteiger partial charge in [0.1, 0.15) is 5.75 Å². The molecule has 0 saturated carbocycles. The number of benzene rings is 2. The summed E-state index contributed by atoms with van der Waals surface area (Å²) in [6.45, 7) is 0. The summed E-state index contributed by atoms with van der Waals surface area (Å²) >= 11 is 11.6. The van der Waals surface area contributed by atoms with Crippen molar-refractivity contribution in [1.82, 2.24) is 0 Å². The van der Waals surface area contributed by atoms with Crippen LogP contribution in [0.5, 0.6) is 11.5 Å². The first-order valence-electron chi connectivity index (χ1n) is 5.92. The lowest BCUT2D eigenvalue weighted by atomic mass is 10.2. The molecule has 0 aliphatic heterocycles. The van der Waals surface area contributed by atoms with Gasteiger partial charge in [-0.1, -0.05) is 23.2 Å². The van der Waals surface area contributed by atoms with E-state index in [1.54, 1.807) is 0 Å². The number of hydrogen-bond acceptors (Lipinski definition) is 5. The van der Waals surface area contributed by atoms with Gasteiger partial charge in [-0.15, -0.1) is 0 Å². The molecule has 0 aromatic heterocycles. The van der Waals surface area contributed by atoms with E-state index in [0.717, 1.165) is 6.07 Å². The van der Waals surface area contributed by atoms with E-state index < -0.39 is 10.9 Å². The third-order valence-corrected chi connectivity index (χ3v) is 3.45. The second-order valence-corrected chi connectivity index (χ2v) is 4.92. The molecule has 0 unspecified atom stereocenters. The summed E-state index contributed by atoms with van der Waals surface area (Å²) in [6.07, 6.45) is 0. The predicted octanol–water partition coefficient (Wildman–Crippen LogP) is 4.13.